The lowest BCUT2D eigenvalue weighted by Crippen LogP contribution is -2.31. The van der Waals surface area contributed by atoms with E-state index < -0.39 is 5.91 Å². The Morgan fingerprint density at radius 1 is 1.09 bits per heavy atom. The molecular formula is C18H16ClNO2S. The molecule has 2 heterocycles. The Labute approximate surface area is 144 Å². The number of hydrogen-bond donors (Lipinski definition) is 0. The second-order valence-corrected chi connectivity index (χ2v) is 6.71. The zero-order valence-corrected chi connectivity index (χ0v) is 14.3. The number of rotatable bonds is 5. The first kappa shape index (κ1) is 16.0. The topological polar surface area (TPSA) is 37.4 Å². The molecule has 0 saturated heterocycles. The lowest BCUT2D eigenvalue weighted by molar-refractivity contribution is -0.119. The van der Waals surface area contributed by atoms with E-state index in [0.717, 1.165) is 29.0 Å². The molecule has 0 N–H and O–H groups in total. The van der Waals surface area contributed by atoms with Gasteiger partial charge in [0.25, 0.3) is 11.8 Å². The Balaban J connectivity index is 1.88. The molecule has 118 valence electrons. The van der Waals surface area contributed by atoms with Crippen LogP contribution in [0.2, 0.25) is 0 Å². The number of amides is 2. The van der Waals surface area contributed by atoms with Crippen LogP contribution < -0.4 is 4.90 Å². The van der Waals surface area contributed by atoms with Crippen molar-refractivity contribution in [2.24, 2.45) is 0 Å². The van der Waals surface area contributed by atoms with Crippen LogP contribution in [-0.2, 0) is 16.0 Å². The summed E-state index contributed by atoms with van der Waals surface area (Å²) in [6.45, 7) is 2.15. The number of carbonyl (C=O) groups is 2. The van der Waals surface area contributed by atoms with Crippen molar-refractivity contribution in [2.45, 2.75) is 26.2 Å². The van der Waals surface area contributed by atoms with Gasteiger partial charge in [0.15, 0.2) is 0 Å². The maximum Gasteiger partial charge on any atom is 0.277 e. The van der Waals surface area contributed by atoms with Crippen LogP contribution in [0.15, 0.2) is 46.8 Å². The van der Waals surface area contributed by atoms with E-state index in [2.05, 4.69) is 6.92 Å². The Kier molecular flexibility index (Phi) is 4.64. The van der Waals surface area contributed by atoms with E-state index in [0.29, 0.717) is 11.3 Å². The van der Waals surface area contributed by atoms with Gasteiger partial charge >= 0.3 is 0 Å². The smallest absolute Gasteiger partial charge is 0.268 e. The number of carbonyl (C=O) groups excluding carboxylic acids is 2. The number of anilines is 1. The van der Waals surface area contributed by atoms with Gasteiger partial charge in [0, 0.05) is 4.88 Å². The largest absolute Gasteiger partial charge is 0.277 e. The molecule has 2 amide bonds. The minimum absolute atomic E-state index is 0.00694. The van der Waals surface area contributed by atoms with Gasteiger partial charge in [0.2, 0.25) is 0 Å². The van der Waals surface area contributed by atoms with Crippen LogP contribution >= 0.6 is 22.9 Å². The van der Waals surface area contributed by atoms with Crippen LogP contribution in [0.3, 0.4) is 0 Å². The minimum atomic E-state index is -0.457. The molecule has 1 aliphatic rings. The molecule has 0 spiro atoms. The summed E-state index contributed by atoms with van der Waals surface area (Å²) in [6.07, 6.45) is 3.25. The predicted molar refractivity (Wildman–Crippen MR) is 94.6 cm³/mol. The van der Waals surface area contributed by atoms with Crippen molar-refractivity contribution in [1.29, 1.82) is 0 Å². The summed E-state index contributed by atoms with van der Waals surface area (Å²) in [5, 5.41) is 1.85. The summed E-state index contributed by atoms with van der Waals surface area (Å²) in [4.78, 5) is 26.9. The van der Waals surface area contributed by atoms with Gasteiger partial charge in [-0.2, -0.15) is 0 Å². The summed E-state index contributed by atoms with van der Waals surface area (Å²) < 4.78 is 0. The molecule has 2 aromatic rings. The molecule has 1 aromatic carbocycles. The molecular weight excluding hydrogens is 330 g/mol. The first-order valence-corrected chi connectivity index (χ1v) is 8.80. The van der Waals surface area contributed by atoms with E-state index in [1.54, 1.807) is 6.07 Å². The van der Waals surface area contributed by atoms with Gasteiger partial charge in [0.1, 0.15) is 5.03 Å². The van der Waals surface area contributed by atoms with Crippen molar-refractivity contribution in [3.63, 3.8) is 0 Å². The van der Waals surface area contributed by atoms with Crippen LogP contribution in [0.5, 0.6) is 0 Å². The number of thiophene rings is 1. The van der Waals surface area contributed by atoms with Crippen molar-refractivity contribution >= 4 is 46.0 Å². The fourth-order valence-electron chi connectivity index (χ4n) is 2.56. The van der Waals surface area contributed by atoms with Gasteiger partial charge in [-0.1, -0.05) is 43.1 Å². The van der Waals surface area contributed by atoms with Gasteiger partial charge < -0.3 is 0 Å². The Morgan fingerprint density at radius 3 is 2.43 bits per heavy atom. The summed E-state index contributed by atoms with van der Waals surface area (Å²) in [6, 6.07) is 11.2. The zero-order chi connectivity index (χ0) is 16.4. The molecule has 0 fully saturated rings. The number of benzene rings is 1. The molecule has 5 heteroatoms. The highest BCUT2D eigenvalue weighted by molar-refractivity contribution is 7.11. The van der Waals surface area contributed by atoms with E-state index >= 15 is 0 Å². The molecule has 23 heavy (non-hydrogen) atoms. The fourth-order valence-corrected chi connectivity index (χ4v) is 3.66. The lowest BCUT2D eigenvalue weighted by atomic mass is 10.1. The predicted octanol–water partition coefficient (Wildman–Crippen LogP) is 4.61. The highest BCUT2D eigenvalue weighted by Gasteiger charge is 2.39. The fraction of sp³-hybridized carbons (Fsp3) is 0.222. The Morgan fingerprint density at radius 2 is 1.83 bits per heavy atom. The van der Waals surface area contributed by atoms with E-state index in [-0.39, 0.29) is 10.9 Å². The van der Waals surface area contributed by atoms with E-state index in [9.17, 15) is 9.59 Å². The van der Waals surface area contributed by atoms with Crippen LogP contribution in [0.1, 0.15) is 30.2 Å². The van der Waals surface area contributed by atoms with Crippen LogP contribution in [0, 0.1) is 0 Å². The number of aryl methyl sites for hydroxylation is 1. The van der Waals surface area contributed by atoms with Crippen molar-refractivity contribution in [3.05, 3.63) is 57.3 Å². The van der Waals surface area contributed by atoms with Crippen LogP contribution in [0.4, 0.5) is 5.69 Å². The molecule has 0 radical (unpaired) electrons. The normalized spacial score (nSPS) is 15.0. The molecule has 1 aliphatic heterocycles. The van der Waals surface area contributed by atoms with Crippen molar-refractivity contribution in [1.82, 2.24) is 0 Å². The Hall–Kier alpha value is -1.91. The quantitative estimate of drug-likeness (QED) is 0.742. The molecule has 1 aromatic heterocycles. The molecule has 0 bridgehead atoms. The SMILES string of the molecule is CCCCc1ccc(N2C(=O)C(Cl)=C(c3cccs3)C2=O)cc1. The average Bonchev–Trinajstić information content (AvgIpc) is 3.14. The van der Waals surface area contributed by atoms with Crippen molar-refractivity contribution in [3.8, 4) is 0 Å². The van der Waals surface area contributed by atoms with Crippen LogP contribution in [0.25, 0.3) is 5.57 Å². The minimum Gasteiger partial charge on any atom is -0.268 e. The number of nitrogens with zero attached hydrogens (tertiary/aromatic N) is 1. The molecule has 0 atom stereocenters. The molecule has 0 unspecified atom stereocenters. The van der Waals surface area contributed by atoms with Crippen molar-refractivity contribution in [2.75, 3.05) is 4.90 Å². The Bertz CT molecular complexity index is 763. The third-order valence-electron chi connectivity index (χ3n) is 3.81. The summed E-state index contributed by atoms with van der Waals surface area (Å²) >= 11 is 7.53. The average molecular weight is 346 g/mol. The number of unbranched alkanes of at least 4 members (excludes halogenated alkanes) is 1. The number of imide groups is 1. The first-order valence-electron chi connectivity index (χ1n) is 7.55. The van der Waals surface area contributed by atoms with Gasteiger partial charge in [-0.15, -0.1) is 11.3 Å². The molecule has 0 saturated carbocycles. The van der Waals surface area contributed by atoms with Gasteiger partial charge in [-0.25, -0.2) is 4.90 Å². The number of hydrogen-bond acceptors (Lipinski definition) is 3. The maximum atomic E-state index is 12.7. The third kappa shape index (κ3) is 2.96. The third-order valence-corrected chi connectivity index (χ3v) is 5.05. The van der Waals surface area contributed by atoms with Gasteiger partial charge in [-0.05, 0) is 42.0 Å². The second-order valence-electron chi connectivity index (χ2n) is 5.38. The summed E-state index contributed by atoms with van der Waals surface area (Å²) in [5.41, 5.74) is 2.05. The molecule has 3 nitrogen and oxygen atoms in total. The zero-order valence-electron chi connectivity index (χ0n) is 12.7. The summed E-state index contributed by atoms with van der Waals surface area (Å²) in [5.74, 6) is -0.815. The monoisotopic (exact) mass is 345 g/mol. The van der Waals surface area contributed by atoms with Crippen molar-refractivity contribution < 1.29 is 9.59 Å². The number of halogens is 1. The standard InChI is InChI=1S/C18H16ClNO2S/c1-2-3-5-12-7-9-13(10-8-12)20-17(21)15(16(19)18(20)22)14-6-4-11-23-14/h4,6-11H,2-3,5H2,1H3. The van der Waals surface area contributed by atoms with Crippen LogP contribution in [-0.4, -0.2) is 11.8 Å². The lowest BCUT2D eigenvalue weighted by Gasteiger charge is -2.15. The van der Waals surface area contributed by atoms with Gasteiger partial charge in [-0.3, -0.25) is 9.59 Å². The highest BCUT2D eigenvalue weighted by Crippen LogP contribution is 2.36. The van der Waals surface area contributed by atoms with Gasteiger partial charge in [0.05, 0.1) is 11.3 Å². The first-order chi connectivity index (χ1) is 11.1. The highest BCUT2D eigenvalue weighted by atomic mass is 35.5. The summed E-state index contributed by atoms with van der Waals surface area (Å²) in [7, 11) is 0. The van der Waals surface area contributed by atoms with E-state index in [1.165, 1.54) is 16.9 Å². The molecule has 0 aliphatic carbocycles. The maximum absolute atomic E-state index is 12.7. The van der Waals surface area contributed by atoms with E-state index in [1.807, 2.05) is 35.7 Å². The van der Waals surface area contributed by atoms with E-state index in [4.69, 9.17) is 11.6 Å². The second kappa shape index (κ2) is 6.69. The molecule has 3 rings (SSSR count).